The van der Waals surface area contributed by atoms with E-state index in [-0.39, 0.29) is 10.8 Å². The minimum absolute atomic E-state index is 0.192. The molecule has 3 aromatic carbocycles. The van der Waals surface area contributed by atoms with Crippen LogP contribution in [0.5, 0.6) is 0 Å². The van der Waals surface area contributed by atoms with Crippen molar-refractivity contribution in [1.29, 1.82) is 0 Å². The van der Waals surface area contributed by atoms with Gasteiger partial charge in [0.2, 0.25) is 0 Å². The highest BCUT2D eigenvalue weighted by Crippen LogP contribution is 2.24. The molecule has 1 aliphatic heterocycles. The summed E-state index contributed by atoms with van der Waals surface area (Å²) in [6.45, 7) is 3.11. The number of carbonyl (C=O) groups excluding carboxylic acids is 1. The molecular weight excluding hydrogens is 426 g/mol. The molecule has 1 saturated heterocycles. The Morgan fingerprint density at radius 1 is 0.938 bits per heavy atom. The maximum Gasteiger partial charge on any atom is 0.264 e. The number of amides is 1. The molecule has 0 unspecified atom stereocenters. The van der Waals surface area contributed by atoms with Crippen LogP contribution in [-0.4, -0.2) is 47.7 Å². The average Bonchev–Trinajstić information content (AvgIpc) is 2.85. The Labute approximate surface area is 188 Å². The highest BCUT2D eigenvalue weighted by atomic mass is 32.2. The van der Waals surface area contributed by atoms with Gasteiger partial charge in [0.1, 0.15) is 0 Å². The normalized spacial score (nSPS) is 14.1. The SMILES string of the molecule is CN(c1cccc(C(=O)Nc2ccc(N3CCOCC3)cc2)c1)S(=O)(=O)c1ccccc1. The van der Waals surface area contributed by atoms with Gasteiger partial charge in [0.25, 0.3) is 15.9 Å². The summed E-state index contributed by atoms with van der Waals surface area (Å²) in [5.41, 5.74) is 2.53. The van der Waals surface area contributed by atoms with Crippen LogP contribution in [-0.2, 0) is 14.8 Å². The topological polar surface area (TPSA) is 79.0 Å². The summed E-state index contributed by atoms with van der Waals surface area (Å²) in [4.78, 5) is 15.2. The predicted octanol–water partition coefficient (Wildman–Crippen LogP) is 3.60. The van der Waals surface area contributed by atoms with E-state index in [2.05, 4.69) is 10.2 Å². The van der Waals surface area contributed by atoms with E-state index in [9.17, 15) is 13.2 Å². The van der Waals surface area contributed by atoms with Crippen molar-refractivity contribution >= 4 is 33.0 Å². The zero-order chi connectivity index (χ0) is 22.6. The Morgan fingerprint density at radius 3 is 2.31 bits per heavy atom. The van der Waals surface area contributed by atoms with Gasteiger partial charge in [-0.15, -0.1) is 0 Å². The van der Waals surface area contributed by atoms with Crippen molar-refractivity contribution in [3.05, 3.63) is 84.4 Å². The number of benzene rings is 3. The summed E-state index contributed by atoms with van der Waals surface area (Å²) in [6.07, 6.45) is 0. The first-order chi connectivity index (χ1) is 15.4. The second kappa shape index (κ2) is 9.42. The fourth-order valence-electron chi connectivity index (χ4n) is 3.51. The number of sulfonamides is 1. The molecule has 0 atom stereocenters. The van der Waals surface area contributed by atoms with Gasteiger partial charge in [-0.25, -0.2) is 8.42 Å². The molecule has 0 bridgehead atoms. The van der Waals surface area contributed by atoms with Crippen LogP contribution in [0, 0.1) is 0 Å². The Bertz CT molecular complexity index is 1180. The second-order valence-corrected chi connectivity index (χ2v) is 9.41. The van der Waals surface area contributed by atoms with E-state index >= 15 is 0 Å². The van der Waals surface area contributed by atoms with E-state index in [1.807, 2.05) is 24.3 Å². The molecule has 1 heterocycles. The molecule has 4 rings (SSSR count). The van der Waals surface area contributed by atoms with E-state index < -0.39 is 10.0 Å². The lowest BCUT2D eigenvalue weighted by molar-refractivity contribution is 0.102. The van der Waals surface area contributed by atoms with Crippen LogP contribution in [0.4, 0.5) is 17.1 Å². The van der Waals surface area contributed by atoms with Gasteiger partial charge in [0.15, 0.2) is 0 Å². The predicted molar refractivity (Wildman–Crippen MR) is 126 cm³/mol. The zero-order valence-electron chi connectivity index (χ0n) is 17.8. The standard InChI is InChI=1S/C24H25N3O4S/c1-26(32(29,30)23-8-3-2-4-9-23)22-7-5-6-19(18-22)24(28)25-20-10-12-21(13-11-20)27-14-16-31-17-15-27/h2-13,18H,14-17H2,1H3,(H,25,28). The van der Waals surface area contributed by atoms with E-state index in [0.29, 0.717) is 30.2 Å². The number of nitrogens with zero attached hydrogens (tertiary/aromatic N) is 2. The third kappa shape index (κ3) is 4.76. The van der Waals surface area contributed by atoms with Crippen molar-refractivity contribution < 1.29 is 17.9 Å². The molecule has 1 aliphatic rings. The summed E-state index contributed by atoms with van der Waals surface area (Å²) in [5, 5.41) is 2.87. The van der Waals surface area contributed by atoms with Crippen molar-refractivity contribution in [3.8, 4) is 0 Å². The zero-order valence-corrected chi connectivity index (χ0v) is 18.6. The molecule has 32 heavy (non-hydrogen) atoms. The number of morpholine rings is 1. The summed E-state index contributed by atoms with van der Waals surface area (Å²) in [7, 11) is -2.24. The van der Waals surface area contributed by atoms with Gasteiger partial charge in [-0.05, 0) is 54.6 Å². The quantitative estimate of drug-likeness (QED) is 0.620. The van der Waals surface area contributed by atoms with E-state index in [4.69, 9.17) is 4.74 Å². The molecule has 0 radical (unpaired) electrons. The van der Waals surface area contributed by atoms with Crippen molar-refractivity contribution in [2.24, 2.45) is 0 Å². The molecule has 8 heteroatoms. The first-order valence-corrected chi connectivity index (χ1v) is 11.8. The second-order valence-electron chi connectivity index (χ2n) is 7.44. The number of nitrogens with one attached hydrogen (secondary N) is 1. The molecule has 166 valence electrons. The van der Waals surface area contributed by atoms with Crippen LogP contribution in [0.1, 0.15) is 10.4 Å². The van der Waals surface area contributed by atoms with Crippen molar-refractivity contribution in [2.75, 3.05) is 47.9 Å². The maximum atomic E-state index is 12.9. The van der Waals surface area contributed by atoms with Crippen LogP contribution >= 0.6 is 0 Å². The minimum Gasteiger partial charge on any atom is -0.378 e. The number of carbonyl (C=O) groups is 1. The molecule has 1 amide bonds. The number of hydrogen-bond acceptors (Lipinski definition) is 5. The monoisotopic (exact) mass is 451 g/mol. The average molecular weight is 452 g/mol. The van der Waals surface area contributed by atoms with Gasteiger partial charge in [-0.1, -0.05) is 24.3 Å². The highest BCUT2D eigenvalue weighted by Gasteiger charge is 2.21. The Morgan fingerprint density at radius 2 is 1.62 bits per heavy atom. The highest BCUT2D eigenvalue weighted by molar-refractivity contribution is 7.92. The summed E-state index contributed by atoms with van der Waals surface area (Å²) < 4.78 is 32.3. The summed E-state index contributed by atoms with van der Waals surface area (Å²) in [5.74, 6) is -0.309. The lowest BCUT2D eigenvalue weighted by Gasteiger charge is -2.28. The fourth-order valence-corrected chi connectivity index (χ4v) is 4.72. The lowest BCUT2D eigenvalue weighted by atomic mass is 10.1. The molecule has 0 saturated carbocycles. The van der Waals surface area contributed by atoms with Crippen LogP contribution in [0.2, 0.25) is 0 Å². The molecule has 0 spiro atoms. The lowest BCUT2D eigenvalue weighted by Crippen LogP contribution is -2.36. The van der Waals surface area contributed by atoms with Crippen molar-refractivity contribution in [1.82, 2.24) is 0 Å². The maximum absolute atomic E-state index is 12.9. The molecule has 1 N–H and O–H groups in total. The number of rotatable bonds is 6. The van der Waals surface area contributed by atoms with Crippen molar-refractivity contribution in [3.63, 3.8) is 0 Å². The molecule has 3 aromatic rings. The van der Waals surface area contributed by atoms with Gasteiger partial charge in [0.05, 0.1) is 23.8 Å². The first-order valence-electron chi connectivity index (χ1n) is 10.3. The largest absolute Gasteiger partial charge is 0.378 e. The van der Waals surface area contributed by atoms with E-state index in [0.717, 1.165) is 18.8 Å². The number of ether oxygens (including phenoxy) is 1. The van der Waals surface area contributed by atoms with Gasteiger partial charge in [-0.3, -0.25) is 9.10 Å². The van der Waals surface area contributed by atoms with Gasteiger partial charge in [-0.2, -0.15) is 0 Å². The van der Waals surface area contributed by atoms with Crippen LogP contribution in [0.15, 0.2) is 83.8 Å². The van der Waals surface area contributed by atoms with Crippen LogP contribution < -0.4 is 14.5 Å². The third-order valence-electron chi connectivity index (χ3n) is 5.37. The Kier molecular flexibility index (Phi) is 6.43. The van der Waals surface area contributed by atoms with Crippen LogP contribution in [0.25, 0.3) is 0 Å². The van der Waals surface area contributed by atoms with Gasteiger partial charge >= 0.3 is 0 Å². The molecular formula is C24H25N3O4S. The first kappa shape index (κ1) is 21.9. The van der Waals surface area contributed by atoms with E-state index in [1.54, 1.807) is 54.6 Å². The molecule has 0 aromatic heterocycles. The minimum atomic E-state index is -3.72. The van der Waals surface area contributed by atoms with Gasteiger partial charge < -0.3 is 15.0 Å². The Balaban J connectivity index is 1.47. The van der Waals surface area contributed by atoms with E-state index in [1.165, 1.54) is 11.4 Å². The van der Waals surface area contributed by atoms with Crippen LogP contribution in [0.3, 0.4) is 0 Å². The summed E-state index contributed by atoms with van der Waals surface area (Å²) >= 11 is 0. The third-order valence-corrected chi connectivity index (χ3v) is 7.17. The van der Waals surface area contributed by atoms with Crippen molar-refractivity contribution in [2.45, 2.75) is 4.90 Å². The molecule has 0 aliphatic carbocycles. The summed E-state index contributed by atoms with van der Waals surface area (Å²) in [6, 6.07) is 22.4. The molecule has 7 nitrogen and oxygen atoms in total. The number of anilines is 3. The smallest absolute Gasteiger partial charge is 0.264 e. The Hall–Kier alpha value is -3.36. The number of hydrogen-bond donors (Lipinski definition) is 1. The van der Waals surface area contributed by atoms with Gasteiger partial charge in [0, 0.05) is 37.1 Å². The molecule has 1 fully saturated rings. The fraction of sp³-hybridized carbons (Fsp3) is 0.208.